The number of aliphatic imine (C=N–C) groups is 1. The molecular formula is C10H21N3S. The van der Waals surface area contributed by atoms with E-state index in [1.54, 1.807) is 0 Å². The Morgan fingerprint density at radius 2 is 2.07 bits per heavy atom. The second-order valence-electron chi connectivity index (χ2n) is 4.02. The molecule has 14 heavy (non-hydrogen) atoms. The Labute approximate surface area is 91.1 Å². The predicted octanol–water partition coefficient (Wildman–Crippen LogP) is 1.40. The zero-order valence-electron chi connectivity index (χ0n) is 9.20. The van der Waals surface area contributed by atoms with Gasteiger partial charge in [-0.05, 0) is 12.3 Å². The Balaban J connectivity index is 2.27. The van der Waals surface area contributed by atoms with Crippen molar-refractivity contribution in [3.63, 3.8) is 0 Å². The molecule has 0 bridgehead atoms. The third-order valence-corrected chi connectivity index (χ3v) is 3.26. The quantitative estimate of drug-likeness (QED) is 0.571. The molecule has 0 aromatic heterocycles. The summed E-state index contributed by atoms with van der Waals surface area (Å²) in [5.74, 6) is 3.82. The summed E-state index contributed by atoms with van der Waals surface area (Å²) in [5, 5.41) is 0. The number of rotatable bonds is 3. The van der Waals surface area contributed by atoms with Crippen LogP contribution in [0.1, 0.15) is 20.3 Å². The molecule has 3 nitrogen and oxygen atoms in total. The molecule has 1 saturated heterocycles. The van der Waals surface area contributed by atoms with Gasteiger partial charge in [0.2, 0.25) is 0 Å². The second-order valence-corrected chi connectivity index (χ2v) is 5.25. The van der Waals surface area contributed by atoms with Crippen LogP contribution in [0.2, 0.25) is 0 Å². The molecule has 0 atom stereocenters. The Bertz CT molecular complexity index is 186. The van der Waals surface area contributed by atoms with Crippen molar-refractivity contribution < 1.29 is 0 Å². The lowest BCUT2D eigenvalue weighted by Gasteiger charge is -2.27. The van der Waals surface area contributed by atoms with Crippen LogP contribution < -0.4 is 5.73 Å². The summed E-state index contributed by atoms with van der Waals surface area (Å²) in [6.07, 6.45) is 1.13. The third kappa shape index (κ3) is 4.22. The SMILES string of the molecule is CC(C)CCN=C(N)N1CCSCC1. The van der Waals surface area contributed by atoms with Gasteiger partial charge in [0.15, 0.2) is 5.96 Å². The molecule has 0 aliphatic carbocycles. The predicted molar refractivity (Wildman–Crippen MR) is 64.8 cm³/mol. The zero-order chi connectivity index (χ0) is 10.4. The number of guanidine groups is 1. The summed E-state index contributed by atoms with van der Waals surface area (Å²) in [4.78, 5) is 6.59. The average molecular weight is 215 g/mol. The fourth-order valence-corrected chi connectivity index (χ4v) is 2.23. The fraction of sp³-hybridized carbons (Fsp3) is 0.900. The van der Waals surface area contributed by atoms with E-state index in [9.17, 15) is 0 Å². The lowest BCUT2D eigenvalue weighted by Crippen LogP contribution is -2.42. The molecule has 1 heterocycles. The smallest absolute Gasteiger partial charge is 0.191 e. The Hall–Kier alpha value is -0.380. The largest absolute Gasteiger partial charge is 0.370 e. The van der Waals surface area contributed by atoms with E-state index >= 15 is 0 Å². The monoisotopic (exact) mass is 215 g/mol. The normalized spacial score (nSPS) is 19.1. The maximum Gasteiger partial charge on any atom is 0.191 e. The lowest BCUT2D eigenvalue weighted by molar-refractivity contribution is 0.454. The first-order valence-corrected chi connectivity index (χ1v) is 6.48. The van der Waals surface area contributed by atoms with Crippen molar-refractivity contribution >= 4 is 17.7 Å². The Kier molecular flexibility index (Phi) is 5.15. The second kappa shape index (κ2) is 6.17. The Morgan fingerprint density at radius 1 is 1.43 bits per heavy atom. The highest BCUT2D eigenvalue weighted by Gasteiger charge is 2.11. The van der Waals surface area contributed by atoms with Crippen molar-refractivity contribution in [3.05, 3.63) is 0 Å². The molecular weight excluding hydrogens is 194 g/mol. The van der Waals surface area contributed by atoms with Gasteiger partial charge in [-0.1, -0.05) is 13.8 Å². The molecule has 0 spiro atoms. The first-order chi connectivity index (χ1) is 6.70. The van der Waals surface area contributed by atoms with E-state index in [0.29, 0.717) is 5.92 Å². The number of hydrogen-bond acceptors (Lipinski definition) is 2. The first kappa shape index (κ1) is 11.7. The van der Waals surface area contributed by atoms with Gasteiger partial charge in [0.05, 0.1) is 0 Å². The molecule has 0 saturated carbocycles. The molecule has 0 aromatic carbocycles. The number of nitrogens with zero attached hydrogens (tertiary/aromatic N) is 2. The van der Waals surface area contributed by atoms with Crippen molar-refractivity contribution in [2.45, 2.75) is 20.3 Å². The summed E-state index contributed by atoms with van der Waals surface area (Å²) in [6.45, 7) is 7.41. The molecule has 1 aliphatic heterocycles. The van der Waals surface area contributed by atoms with Gasteiger partial charge in [-0.15, -0.1) is 0 Å². The van der Waals surface area contributed by atoms with Crippen molar-refractivity contribution in [2.24, 2.45) is 16.6 Å². The molecule has 0 aromatic rings. The molecule has 82 valence electrons. The molecule has 1 fully saturated rings. The molecule has 2 N–H and O–H groups in total. The van der Waals surface area contributed by atoms with E-state index in [4.69, 9.17) is 5.73 Å². The first-order valence-electron chi connectivity index (χ1n) is 5.32. The molecule has 0 unspecified atom stereocenters. The van der Waals surface area contributed by atoms with E-state index in [1.165, 1.54) is 11.5 Å². The van der Waals surface area contributed by atoms with E-state index in [1.807, 2.05) is 11.8 Å². The van der Waals surface area contributed by atoms with Crippen LogP contribution in [0.5, 0.6) is 0 Å². The van der Waals surface area contributed by atoms with Crippen molar-refractivity contribution in [3.8, 4) is 0 Å². The van der Waals surface area contributed by atoms with Crippen LogP contribution in [0.4, 0.5) is 0 Å². The van der Waals surface area contributed by atoms with Gasteiger partial charge in [0.1, 0.15) is 0 Å². The highest BCUT2D eigenvalue weighted by Crippen LogP contribution is 2.08. The minimum Gasteiger partial charge on any atom is -0.370 e. The molecule has 0 amide bonds. The summed E-state index contributed by atoms with van der Waals surface area (Å²) < 4.78 is 0. The topological polar surface area (TPSA) is 41.6 Å². The van der Waals surface area contributed by atoms with Crippen molar-refractivity contribution in [2.75, 3.05) is 31.1 Å². The summed E-state index contributed by atoms with van der Waals surface area (Å²) in [6, 6.07) is 0. The van der Waals surface area contributed by atoms with Gasteiger partial charge < -0.3 is 10.6 Å². The van der Waals surface area contributed by atoms with Crippen molar-refractivity contribution in [1.29, 1.82) is 0 Å². The van der Waals surface area contributed by atoms with Crippen molar-refractivity contribution in [1.82, 2.24) is 4.90 Å². The van der Waals surface area contributed by atoms with Crippen LogP contribution in [-0.4, -0.2) is 42.0 Å². The molecule has 0 radical (unpaired) electrons. The van der Waals surface area contributed by atoms with Crippen LogP contribution >= 0.6 is 11.8 Å². The Morgan fingerprint density at radius 3 is 2.64 bits per heavy atom. The zero-order valence-corrected chi connectivity index (χ0v) is 10.0. The maximum absolute atomic E-state index is 5.90. The molecule has 1 aliphatic rings. The van der Waals surface area contributed by atoms with Gasteiger partial charge in [-0.25, -0.2) is 0 Å². The average Bonchev–Trinajstić information content (AvgIpc) is 2.18. The third-order valence-electron chi connectivity index (χ3n) is 2.32. The maximum atomic E-state index is 5.90. The standard InChI is InChI=1S/C10H21N3S/c1-9(2)3-4-12-10(11)13-5-7-14-8-6-13/h9H,3-8H2,1-2H3,(H2,11,12). The van der Waals surface area contributed by atoms with Gasteiger partial charge in [-0.2, -0.15) is 11.8 Å². The molecule has 1 rings (SSSR count). The highest BCUT2D eigenvalue weighted by atomic mass is 32.2. The van der Waals surface area contributed by atoms with E-state index < -0.39 is 0 Å². The van der Waals surface area contributed by atoms with E-state index in [0.717, 1.165) is 32.0 Å². The summed E-state index contributed by atoms with van der Waals surface area (Å²) in [5.41, 5.74) is 5.90. The minimum absolute atomic E-state index is 0.712. The number of nitrogens with two attached hydrogens (primary N) is 1. The summed E-state index contributed by atoms with van der Waals surface area (Å²) in [7, 11) is 0. The fourth-order valence-electron chi connectivity index (χ4n) is 1.33. The van der Waals surface area contributed by atoms with Crippen LogP contribution in [0, 0.1) is 5.92 Å². The van der Waals surface area contributed by atoms with Gasteiger partial charge in [0.25, 0.3) is 0 Å². The van der Waals surface area contributed by atoms with Crippen LogP contribution in [0.3, 0.4) is 0 Å². The van der Waals surface area contributed by atoms with Gasteiger partial charge >= 0.3 is 0 Å². The van der Waals surface area contributed by atoms with Gasteiger partial charge in [0, 0.05) is 31.1 Å². The van der Waals surface area contributed by atoms with Crippen LogP contribution in [-0.2, 0) is 0 Å². The highest BCUT2D eigenvalue weighted by molar-refractivity contribution is 7.99. The van der Waals surface area contributed by atoms with E-state index in [-0.39, 0.29) is 0 Å². The van der Waals surface area contributed by atoms with Gasteiger partial charge in [-0.3, -0.25) is 4.99 Å². The van der Waals surface area contributed by atoms with E-state index in [2.05, 4.69) is 23.7 Å². The number of hydrogen-bond donors (Lipinski definition) is 1. The molecule has 4 heteroatoms. The van der Waals surface area contributed by atoms with Crippen LogP contribution in [0.15, 0.2) is 4.99 Å². The summed E-state index contributed by atoms with van der Waals surface area (Å²) >= 11 is 1.99. The lowest BCUT2D eigenvalue weighted by atomic mass is 10.1. The van der Waals surface area contributed by atoms with Crippen LogP contribution in [0.25, 0.3) is 0 Å². The number of thioether (sulfide) groups is 1. The minimum atomic E-state index is 0.712.